The Bertz CT molecular complexity index is 244. The van der Waals surface area contributed by atoms with E-state index in [1.807, 2.05) is 0 Å². The van der Waals surface area contributed by atoms with Crippen LogP contribution in [0.3, 0.4) is 0 Å². The molecule has 2 aliphatic rings. The van der Waals surface area contributed by atoms with Crippen molar-refractivity contribution in [2.45, 2.75) is 64.5 Å². The fraction of sp³-hybridized carbons (Fsp3) is 1.00. The van der Waals surface area contributed by atoms with Gasteiger partial charge in [-0.25, -0.2) is 0 Å². The van der Waals surface area contributed by atoms with Crippen LogP contribution in [-0.2, 0) is 0 Å². The average Bonchev–Trinajstić information content (AvgIpc) is 2.75. The van der Waals surface area contributed by atoms with Gasteiger partial charge in [-0.2, -0.15) is 0 Å². The molecule has 0 aliphatic carbocycles. The van der Waals surface area contributed by atoms with Gasteiger partial charge >= 0.3 is 0 Å². The fourth-order valence-electron chi connectivity index (χ4n) is 3.58. The molecule has 0 aromatic heterocycles. The van der Waals surface area contributed by atoms with Crippen molar-refractivity contribution < 1.29 is 0 Å². The van der Waals surface area contributed by atoms with Crippen LogP contribution < -0.4 is 5.32 Å². The van der Waals surface area contributed by atoms with E-state index in [1.165, 1.54) is 71.2 Å². The van der Waals surface area contributed by atoms with Gasteiger partial charge < -0.3 is 5.32 Å². The van der Waals surface area contributed by atoms with E-state index in [-0.39, 0.29) is 0 Å². The van der Waals surface area contributed by atoms with Crippen LogP contribution in [0.15, 0.2) is 0 Å². The highest BCUT2D eigenvalue weighted by atomic mass is 15.3. The Morgan fingerprint density at radius 3 is 2.84 bits per heavy atom. The van der Waals surface area contributed by atoms with E-state index in [1.54, 1.807) is 0 Å². The molecular formula is C16H33N3. The van der Waals surface area contributed by atoms with E-state index >= 15 is 0 Å². The van der Waals surface area contributed by atoms with Crippen LogP contribution in [0.4, 0.5) is 0 Å². The number of nitrogens with zero attached hydrogens (tertiary/aromatic N) is 2. The quantitative estimate of drug-likeness (QED) is 0.714. The number of nitrogens with one attached hydrogen (secondary N) is 1. The minimum atomic E-state index is 0.696. The van der Waals surface area contributed by atoms with Gasteiger partial charge in [-0.15, -0.1) is 0 Å². The molecule has 3 heteroatoms. The van der Waals surface area contributed by atoms with Gasteiger partial charge in [0.2, 0.25) is 0 Å². The molecule has 0 amide bonds. The zero-order valence-electron chi connectivity index (χ0n) is 13.0. The van der Waals surface area contributed by atoms with Crippen molar-refractivity contribution in [3.8, 4) is 0 Å². The molecule has 0 bridgehead atoms. The molecular weight excluding hydrogens is 234 g/mol. The second-order valence-electron chi connectivity index (χ2n) is 6.44. The van der Waals surface area contributed by atoms with Crippen LogP contribution in [0.25, 0.3) is 0 Å². The van der Waals surface area contributed by atoms with Gasteiger partial charge in [-0.1, -0.05) is 19.8 Å². The highest BCUT2D eigenvalue weighted by molar-refractivity contribution is 4.86. The molecule has 2 rings (SSSR count). The molecule has 0 radical (unpaired) electrons. The summed E-state index contributed by atoms with van der Waals surface area (Å²) in [6, 6.07) is 1.55. The Morgan fingerprint density at radius 1 is 1.16 bits per heavy atom. The molecule has 2 unspecified atom stereocenters. The maximum absolute atomic E-state index is 3.64. The number of rotatable bonds is 7. The lowest BCUT2D eigenvalue weighted by molar-refractivity contribution is 0.179. The monoisotopic (exact) mass is 267 g/mol. The largest absolute Gasteiger partial charge is 0.315 e. The fourth-order valence-corrected chi connectivity index (χ4v) is 3.58. The van der Waals surface area contributed by atoms with Crippen molar-refractivity contribution in [3.63, 3.8) is 0 Å². The molecule has 3 nitrogen and oxygen atoms in total. The Labute approximate surface area is 119 Å². The van der Waals surface area contributed by atoms with Crippen molar-refractivity contribution in [2.75, 3.05) is 39.3 Å². The summed E-state index contributed by atoms with van der Waals surface area (Å²) in [4.78, 5) is 5.45. The van der Waals surface area contributed by atoms with Gasteiger partial charge in [0.05, 0.1) is 0 Å². The predicted molar refractivity (Wildman–Crippen MR) is 82.6 cm³/mol. The van der Waals surface area contributed by atoms with E-state index in [2.05, 4.69) is 29.0 Å². The van der Waals surface area contributed by atoms with E-state index in [9.17, 15) is 0 Å². The first kappa shape index (κ1) is 15.3. The first-order chi connectivity index (χ1) is 9.31. The molecule has 2 heterocycles. The highest BCUT2D eigenvalue weighted by Crippen LogP contribution is 2.22. The van der Waals surface area contributed by atoms with Gasteiger partial charge in [0.15, 0.2) is 0 Å². The van der Waals surface area contributed by atoms with Gasteiger partial charge in [0, 0.05) is 25.2 Å². The molecule has 19 heavy (non-hydrogen) atoms. The van der Waals surface area contributed by atoms with Crippen LogP contribution in [0.2, 0.25) is 0 Å². The molecule has 2 fully saturated rings. The average molecular weight is 267 g/mol. The van der Waals surface area contributed by atoms with Crippen LogP contribution in [-0.4, -0.2) is 61.2 Å². The van der Waals surface area contributed by atoms with Crippen LogP contribution in [0.1, 0.15) is 52.4 Å². The SMILES string of the molecule is CCCCCNCC(C)N1CCCN2CCCC2C1. The van der Waals surface area contributed by atoms with Crippen molar-refractivity contribution in [2.24, 2.45) is 0 Å². The summed E-state index contributed by atoms with van der Waals surface area (Å²) in [5.41, 5.74) is 0. The van der Waals surface area contributed by atoms with E-state index < -0.39 is 0 Å². The molecule has 0 aromatic carbocycles. The Kier molecular flexibility index (Phi) is 6.62. The second-order valence-corrected chi connectivity index (χ2v) is 6.44. The molecule has 2 atom stereocenters. The van der Waals surface area contributed by atoms with Crippen molar-refractivity contribution >= 4 is 0 Å². The summed E-state index contributed by atoms with van der Waals surface area (Å²) >= 11 is 0. The molecule has 2 aliphatic heterocycles. The van der Waals surface area contributed by atoms with Crippen molar-refractivity contribution in [1.29, 1.82) is 0 Å². The van der Waals surface area contributed by atoms with Crippen LogP contribution in [0.5, 0.6) is 0 Å². The minimum absolute atomic E-state index is 0.696. The Morgan fingerprint density at radius 2 is 2.00 bits per heavy atom. The van der Waals surface area contributed by atoms with Crippen LogP contribution in [0, 0.1) is 0 Å². The van der Waals surface area contributed by atoms with Gasteiger partial charge in [0.1, 0.15) is 0 Å². The molecule has 0 spiro atoms. The zero-order chi connectivity index (χ0) is 13.5. The first-order valence-corrected chi connectivity index (χ1v) is 8.50. The summed E-state index contributed by atoms with van der Waals surface area (Å²) in [5, 5.41) is 3.64. The maximum Gasteiger partial charge on any atom is 0.0223 e. The number of hydrogen-bond acceptors (Lipinski definition) is 3. The third kappa shape index (κ3) is 4.73. The van der Waals surface area contributed by atoms with Gasteiger partial charge in [-0.3, -0.25) is 9.80 Å². The summed E-state index contributed by atoms with van der Waals surface area (Å²) in [5.74, 6) is 0. The smallest absolute Gasteiger partial charge is 0.0223 e. The second kappa shape index (κ2) is 8.23. The zero-order valence-corrected chi connectivity index (χ0v) is 13.0. The van der Waals surface area contributed by atoms with Gasteiger partial charge in [0.25, 0.3) is 0 Å². The van der Waals surface area contributed by atoms with Crippen molar-refractivity contribution in [1.82, 2.24) is 15.1 Å². The summed E-state index contributed by atoms with van der Waals surface area (Å²) in [6.45, 7) is 12.3. The Hall–Kier alpha value is -0.120. The van der Waals surface area contributed by atoms with Crippen LogP contribution >= 0.6 is 0 Å². The molecule has 0 aromatic rings. The molecule has 2 saturated heterocycles. The van der Waals surface area contributed by atoms with Gasteiger partial charge in [-0.05, 0) is 58.8 Å². The van der Waals surface area contributed by atoms with Crippen molar-refractivity contribution in [3.05, 3.63) is 0 Å². The van der Waals surface area contributed by atoms with E-state index in [4.69, 9.17) is 0 Å². The highest BCUT2D eigenvalue weighted by Gasteiger charge is 2.29. The molecule has 1 N–H and O–H groups in total. The molecule has 0 saturated carbocycles. The lowest BCUT2D eigenvalue weighted by Gasteiger charge is -2.30. The van der Waals surface area contributed by atoms with E-state index in [0.717, 1.165) is 12.6 Å². The number of hydrogen-bond donors (Lipinski definition) is 1. The minimum Gasteiger partial charge on any atom is -0.315 e. The standard InChI is InChI=1S/C16H33N3/c1-3-4-5-9-17-13-15(2)19-12-7-11-18-10-6-8-16(18)14-19/h15-17H,3-14H2,1-2H3. The molecule has 112 valence electrons. The summed E-state index contributed by atoms with van der Waals surface area (Å²) in [7, 11) is 0. The first-order valence-electron chi connectivity index (χ1n) is 8.50. The maximum atomic E-state index is 3.64. The Balaban J connectivity index is 1.67. The predicted octanol–water partition coefficient (Wildman–Crippen LogP) is 2.32. The lowest BCUT2D eigenvalue weighted by Crippen LogP contribution is -2.45. The third-order valence-electron chi connectivity index (χ3n) is 4.86. The summed E-state index contributed by atoms with van der Waals surface area (Å²) < 4.78 is 0. The van der Waals surface area contributed by atoms with E-state index in [0.29, 0.717) is 6.04 Å². The lowest BCUT2D eigenvalue weighted by atomic mass is 10.2. The summed E-state index contributed by atoms with van der Waals surface area (Å²) in [6.07, 6.45) is 8.22. The number of fused-ring (bicyclic) bond motifs is 1. The topological polar surface area (TPSA) is 18.5 Å². The number of unbranched alkanes of at least 4 members (excludes halogenated alkanes) is 2. The normalized spacial score (nSPS) is 27.2. The third-order valence-corrected chi connectivity index (χ3v) is 4.86.